The number of rotatable bonds is 2. The molecule has 1 spiro atoms. The van der Waals surface area contributed by atoms with Crippen molar-refractivity contribution in [1.29, 1.82) is 0 Å². The van der Waals surface area contributed by atoms with E-state index < -0.39 is 10.2 Å². The van der Waals surface area contributed by atoms with E-state index in [1.807, 2.05) is 19.1 Å². The number of benzene rings is 1. The van der Waals surface area contributed by atoms with Crippen molar-refractivity contribution in [1.82, 2.24) is 9.03 Å². The van der Waals surface area contributed by atoms with E-state index in [2.05, 4.69) is 4.72 Å². The molecule has 3 aliphatic rings. The van der Waals surface area contributed by atoms with Crippen LogP contribution in [0.3, 0.4) is 0 Å². The van der Waals surface area contributed by atoms with E-state index in [4.69, 9.17) is 0 Å². The second-order valence-electron chi connectivity index (χ2n) is 7.31. The van der Waals surface area contributed by atoms with Crippen molar-refractivity contribution in [3.05, 3.63) is 29.3 Å². The first-order valence-electron chi connectivity index (χ1n) is 8.54. The van der Waals surface area contributed by atoms with E-state index in [1.54, 1.807) is 10.4 Å². The van der Waals surface area contributed by atoms with E-state index in [1.165, 1.54) is 11.1 Å². The zero-order valence-corrected chi connectivity index (χ0v) is 14.3. The second kappa shape index (κ2) is 5.19. The molecule has 3 unspecified atom stereocenters. The predicted octanol–water partition coefficient (Wildman–Crippen LogP) is 1.82. The third kappa shape index (κ3) is 2.30. The fourth-order valence-corrected chi connectivity index (χ4v) is 6.75. The molecule has 6 heteroatoms. The Bertz CT molecular complexity index is 733. The monoisotopic (exact) mass is 336 g/mol. The molecular formula is C17H24N2O3S. The second-order valence-corrected chi connectivity index (χ2v) is 8.98. The Morgan fingerprint density at radius 2 is 1.96 bits per heavy atom. The summed E-state index contributed by atoms with van der Waals surface area (Å²) in [6, 6.07) is 5.61. The topological polar surface area (TPSA) is 69.6 Å². The Hall–Kier alpha value is -1.11. The summed E-state index contributed by atoms with van der Waals surface area (Å²) in [5.41, 5.74) is 2.12. The van der Waals surface area contributed by atoms with Crippen molar-refractivity contribution in [2.75, 3.05) is 13.1 Å². The van der Waals surface area contributed by atoms with Gasteiger partial charge < -0.3 is 5.11 Å². The highest BCUT2D eigenvalue weighted by Crippen LogP contribution is 2.50. The molecule has 1 heterocycles. The first-order valence-corrected chi connectivity index (χ1v) is 9.98. The number of nitrogens with one attached hydrogen (secondary N) is 1. The smallest absolute Gasteiger partial charge is 0.280 e. The molecule has 2 bridgehead atoms. The quantitative estimate of drug-likeness (QED) is 0.865. The Balaban J connectivity index is 1.73. The highest BCUT2D eigenvalue weighted by molar-refractivity contribution is 7.87. The molecule has 1 saturated heterocycles. The number of phenols is 1. The van der Waals surface area contributed by atoms with Crippen molar-refractivity contribution >= 4 is 10.2 Å². The van der Waals surface area contributed by atoms with Crippen molar-refractivity contribution in [3.8, 4) is 5.75 Å². The summed E-state index contributed by atoms with van der Waals surface area (Å²) < 4.78 is 29.8. The van der Waals surface area contributed by atoms with Crippen LogP contribution in [0.1, 0.15) is 37.3 Å². The lowest BCUT2D eigenvalue weighted by atomic mass is 9.79. The summed E-state index contributed by atoms with van der Waals surface area (Å²) in [4.78, 5) is 0. The highest BCUT2D eigenvalue weighted by atomic mass is 32.2. The van der Waals surface area contributed by atoms with Gasteiger partial charge in [-0.1, -0.05) is 13.0 Å². The lowest BCUT2D eigenvalue weighted by molar-refractivity contribution is 0.213. The maximum Gasteiger partial charge on any atom is 0.280 e. The van der Waals surface area contributed by atoms with Gasteiger partial charge in [-0.3, -0.25) is 0 Å². The van der Waals surface area contributed by atoms with Gasteiger partial charge in [0.05, 0.1) is 5.54 Å². The van der Waals surface area contributed by atoms with Crippen LogP contribution in [0.15, 0.2) is 18.2 Å². The van der Waals surface area contributed by atoms with Crippen LogP contribution in [0.2, 0.25) is 0 Å². The standard InChI is InChI=1S/C17H24N2O3S/c1-2-7-19-11-17(18-23(19,21)22)14-4-5-15(17)9-13-10-16(20)6-3-12(13)8-14/h3,6,10,14-15,18,20H,2,4-5,7-9,11H2,1H3. The first-order chi connectivity index (χ1) is 10.9. The fraction of sp³-hybridized carbons (Fsp3) is 0.647. The maximum atomic E-state index is 12.6. The minimum absolute atomic E-state index is 0.301. The van der Waals surface area contributed by atoms with Crippen LogP contribution in [-0.2, 0) is 23.1 Å². The fourth-order valence-electron chi connectivity index (χ4n) is 4.94. The third-order valence-electron chi connectivity index (χ3n) is 6.01. The Labute approximate surface area is 137 Å². The van der Waals surface area contributed by atoms with Crippen LogP contribution in [0.5, 0.6) is 5.75 Å². The molecule has 0 aromatic heterocycles. The summed E-state index contributed by atoms with van der Waals surface area (Å²) >= 11 is 0. The normalized spacial score (nSPS) is 35.3. The van der Waals surface area contributed by atoms with Gasteiger partial charge in [-0.2, -0.15) is 17.4 Å². The van der Waals surface area contributed by atoms with Crippen LogP contribution in [0, 0.1) is 11.8 Å². The molecule has 0 amide bonds. The lowest BCUT2D eigenvalue weighted by Gasteiger charge is -2.33. The van der Waals surface area contributed by atoms with Gasteiger partial charge in [-0.15, -0.1) is 0 Å². The van der Waals surface area contributed by atoms with Gasteiger partial charge in [-0.05, 0) is 67.2 Å². The number of hydrogen-bond acceptors (Lipinski definition) is 3. The van der Waals surface area contributed by atoms with E-state index in [0.717, 1.165) is 32.1 Å². The average Bonchev–Trinajstić information content (AvgIpc) is 2.86. The molecule has 1 aromatic rings. The largest absolute Gasteiger partial charge is 0.508 e. The molecule has 23 heavy (non-hydrogen) atoms. The molecule has 1 saturated carbocycles. The van der Waals surface area contributed by atoms with Gasteiger partial charge in [-0.25, -0.2) is 0 Å². The Kier molecular flexibility index (Phi) is 3.48. The predicted molar refractivity (Wildman–Crippen MR) is 88.4 cm³/mol. The Morgan fingerprint density at radius 3 is 2.65 bits per heavy atom. The van der Waals surface area contributed by atoms with Crippen molar-refractivity contribution in [2.24, 2.45) is 11.8 Å². The molecule has 2 N–H and O–H groups in total. The summed E-state index contributed by atoms with van der Waals surface area (Å²) in [7, 11) is -3.36. The van der Waals surface area contributed by atoms with Gasteiger partial charge in [0.25, 0.3) is 10.2 Å². The van der Waals surface area contributed by atoms with E-state index in [-0.39, 0.29) is 5.54 Å². The van der Waals surface area contributed by atoms with E-state index in [0.29, 0.717) is 30.7 Å². The molecule has 1 aromatic carbocycles. The molecule has 126 valence electrons. The SMILES string of the molecule is CCCN1CC2(NS1(=O)=O)C1CCC2Cc2cc(O)ccc2C1. The first kappa shape index (κ1) is 15.4. The minimum atomic E-state index is -3.36. The van der Waals surface area contributed by atoms with Gasteiger partial charge in [0, 0.05) is 13.1 Å². The summed E-state index contributed by atoms with van der Waals surface area (Å²) in [5, 5.41) is 9.78. The highest BCUT2D eigenvalue weighted by Gasteiger charge is 2.59. The minimum Gasteiger partial charge on any atom is -0.508 e. The maximum absolute atomic E-state index is 12.6. The number of nitrogens with zero attached hydrogens (tertiary/aromatic N) is 1. The van der Waals surface area contributed by atoms with Gasteiger partial charge in [0.15, 0.2) is 0 Å². The molecular weight excluding hydrogens is 312 g/mol. The van der Waals surface area contributed by atoms with Crippen LogP contribution in [0.25, 0.3) is 0 Å². The van der Waals surface area contributed by atoms with Crippen LogP contribution in [-0.4, -0.2) is 36.5 Å². The average molecular weight is 336 g/mol. The summed E-state index contributed by atoms with van der Waals surface area (Å²) in [6.07, 6.45) is 4.72. The number of hydrogen-bond donors (Lipinski definition) is 2. The number of phenolic OH excluding ortho intramolecular Hbond substituents is 1. The van der Waals surface area contributed by atoms with Crippen LogP contribution in [0.4, 0.5) is 0 Å². The third-order valence-corrected chi connectivity index (χ3v) is 7.64. The van der Waals surface area contributed by atoms with Gasteiger partial charge >= 0.3 is 0 Å². The van der Waals surface area contributed by atoms with Crippen LogP contribution < -0.4 is 4.72 Å². The summed E-state index contributed by atoms with van der Waals surface area (Å²) in [6.45, 7) is 3.20. The molecule has 2 fully saturated rings. The molecule has 5 nitrogen and oxygen atoms in total. The molecule has 4 rings (SSSR count). The molecule has 3 atom stereocenters. The molecule has 2 aliphatic carbocycles. The van der Waals surface area contributed by atoms with Crippen molar-refractivity contribution < 1.29 is 13.5 Å². The number of fused-ring (bicyclic) bond motifs is 1. The van der Waals surface area contributed by atoms with Crippen molar-refractivity contribution in [3.63, 3.8) is 0 Å². The lowest BCUT2D eigenvalue weighted by Crippen LogP contribution is -2.52. The zero-order valence-electron chi connectivity index (χ0n) is 13.5. The zero-order chi connectivity index (χ0) is 16.2. The Morgan fingerprint density at radius 1 is 1.26 bits per heavy atom. The number of aromatic hydroxyl groups is 1. The van der Waals surface area contributed by atoms with Crippen LogP contribution >= 0.6 is 0 Å². The van der Waals surface area contributed by atoms with Crippen molar-refractivity contribution in [2.45, 2.75) is 44.6 Å². The summed E-state index contributed by atoms with van der Waals surface area (Å²) in [5.74, 6) is 0.956. The molecule has 0 radical (unpaired) electrons. The van der Waals surface area contributed by atoms with E-state index >= 15 is 0 Å². The van der Waals surface area contributed by atoms with Gasteiger partial charge in [0.1, 0.15) is 5.75 Å². The van der Waals surface area contributed by atoms with E-state index in [9.17, 15) is 13.5 Å². The molecule has 1 aliphatic heterocycles. The van der Waals surface area contributed by atoms with Gasteiger partial charge in [0.2, 0.25) is 0 Å².